The van der Waals surface area contributed by atoms with Crippen molar-refractivity contribution in [2.45, 2.75) is 0 Å². The van der Waals surface area contributed by atoms with Crippen LogP contribution in [0.4, 0.5) is 11.5 Å². The lowest BCUT2D eigenvalue weighted by Gasteiger charge is -2.08. The van der Waals surface area contributed by atoms with Gasteiger partial charge in [0.05, 0.1) is 23.6 Å². The lowest BCUT2D eigenvalue weighted by atomic mass is 10.1. The van der Waals surface area contributed by atoms with Gasteiger partial charge < -0.3 is 11.1 Å². The summed E-state index contributed by atoms with van der Waals surface area (Å²) >= 11 is 0. The molecule has 0 spiro atoms. The van der Waals surface area contributed by atoms with Gasteiger partial charge in [0.1, 0.15) is 0 Å². The summed E-state index contributed by atoms with van der Waals surface area (Å²) in [4.78, 5) is 21.0. The Morgan fingerprint density at radius 3 is 2.80 bits per heavy atom. The molecule has 25 heavy (non-hydrogen) atoms. The van der Waals surface area contributed by atoms with Crippen LogP contribution in [0.2, 0.25) is 0 Å². The molecule has 4 N–H and O–H groups in total. The molecule has 2 aromatic carbocycles. The molecular weight excluding hydrogens is 316 g/mol. The third-order valence-corrected chi connectivity index (χ3v) is 3.78. The number of carbonyl (C=O) groups excluding carboxylic acids is 1. The minimum absolute atomic E-state index is 0. The van der Waals surface area contributed by atoms with Gasteiger partial charge in [-0.3, -0.25) is 9.89 Å². The zero-order valence-electron chi connectivity index (χ0n) is 13.1. The van der Waals surface area contributed by atoms with E-state index in [1.54, 1.807) is 24.5 Å². The van der Waals surface area contributed by atoms with Crippen LogP contribution in [0.1, 0.15) is 13.3 Å². The molecular formula is C18H18N6O. The van der Waals surface area contributed by atoms with Crippen LogP contribution in [0, 0.1) is 0 Å². The van der Waals surface area contributed by atoms with Crippen LogP contribution in [-0.2, 0) is 0 Å². The molecule has 0 aliphatic heterocycles. The number of H-pyrrole nitrogens is 1. The average Bonchev–Trinajstić information content (AvgIpc) is 3.10. The summed E-state index contributed by atoms with van der Waals surface area (Å²) in [6, 6.07) is 14.8. The second-order valence-corrected chi connectivity index (χ2v) is 5.48. The molecule has 4 rings (SSSR count). The molecule has 0 fully saturated rings. The number of aromatic nitrogens is 4. The van der Waals surface area contributed by atoms with Crippen molar-refractivity contribution in [2.75, 3.05) is 11.1 Å². The maximum Gasteiger partial charge on any atom is 0.278 e. The molecule has 126 valence electrons. The van der Waals surface area contributed by atoms with E-state index >= 15 is 0 Å². The second-order valence-electron chi connectivity index (χ2n) is 5.48. The topological polar surface area (TPSA) is 110 Å². The number of fused-ring (bicyclic) bond motifs is 1. The van der Waals surface area contributed by atoms with Crippen LogP contribution >= 0.6 is 0 Å². The van der Waals surface area contributed by atoms with E-state index < -0.39 is 5.91 Å². The fraction of sp³-hybridized carbons (Fsp3) is 0. The fourth-order valence-corrected chi connectivity index (χ4v) is 2.52. The third-order valence-electron chi connectivity index (χ3n) is 3.78. The first-order chi connectivity index (χ1) is 12.2. The van der Waals surface area contributed by atoms with E-state index in [4.69, 9.17) is 5.73 Å². The van der Waals surface area contributed by atoms with Gasteiger partial charge in [0.2, 0.25) is 0 Å². The third kappa shape index (κ3) is 2.90. The van der Waals surface area contributed by atoms with E-state index in [1.807, 2.05) is 36.4 Å². The number of benzene rings is 2. The zero-order valence-corrected chi connectivity index (χ0v) is 13.1. The maximum absolute atomic E-state index is 12.5. The number of nitrogen functional groups attached to an aromatic ring is 1. The zero-order chi connectivity index (χ0) is 17.2. The first-order valence-corrected chi connectivity index (χ1v) is 7.63. The van der Waals surface area contributed by atoms with Crippen LogP contribution in [0.5, 0.6) is 0 Å². The monoisotopic (exact) mass is 334 g/mol. The van der Waals surface area contributed by atoms with Crippen LogP contribution in [-0.4, -0.2) is 26.1 Å². The molecule has 7 heteroatoms. The maximum atomic E-state index is 12.5. The molecule has 0 bridgehead atoms. The molecule has 0 atom stereocenters. The quantitative estimate of drug-likeness (QED) is 0.532. The highest BCUT2D eigenvalue weighted by Gasteiger charge is 2.15. The Morgan fingerprint density at radius 2 is 1.96 bits per heavy atom. The van der Waals surface area contributed by atoms with E-state index in [0.29, 0.717) is 11.4 Å². The van der Waals surface area contributed by atoms with Crippen molar-refractivity contribution in [2.24, 2.45) is 0 Å². The van der Waals surface area contributed by atoms with Gasteiger partial charge >= 0.3 is 0 Å². The highest BCUT2D eigenvalue weighted by molar-refractivity contribution is 6.06. The van der Waals surface area contributed by atoms with Gasteiger partial charge in [-0.1, -0.05) is 24.3 Å². The van der Waals surface area contributed by atoms with Gasteiger partial charge in [0.25, 0.3) is 5.91 Å². The van der Waals surface area contributed by atoms with Crippen molar-refractivity contribution in [3.63, 3.8) is 0 Å². The minimum Gasteiger partial charge on any atom is -0.382 e. The molecule has 0 unspecified atom stereocenters. The number of anilines is 2. The van der Waals surface area contributed by atoms with Crippen LogP contribution in [0.3, 0.4) is 0 Å². The Balaban J connectivity index is 0.00000131. The second kappa shape index (κ2) is 6.04. The van der Waals surface area contributed by atoms with Crippen molar-refractivity contribution >= 4 is 28.3 Å². The smallest absolute Gasteiger partial charge is 0.278 e. The van der Waals surface area contributed by atoms with E-state index in [9.17, 15) is 4.79 Å². The van der Waals surface area contributed by atoms with E-state index in [-0.39, 0.29) is 14.4 Å². The molecule has 0 saturated heterocycles. The highest BCUT2D eigenvalue weighted by Crippen LogP contribution is 2.23. The molecule has 1 amide bonds. The lowest BCUT2D eigenvalue weighted by Crippen LogP contribution is -2.17. The number of hydrogen-bond donors (Lipinski definition) is 3. The summed E-state index contributed by atoms with van der Waals surface area (Å²) in [5.41, 5.74) is 8.92. The number of aromatic amines is 1. The number of hydrogen-bond acceptors (Lipinski definition) is 5. The van der Waals surface area contributed by atoms with Crippen molar-refractivity contribution in [3.8, 4) is 11.3 Å². The van der Waals surface area contributed by atoms with E-state index in [0.717, 1.165) is 16.5 Å². The SMILES string of the molecule is Nc1ncc(-c2ccc3[nH]ncc3c2)nc1C(=O)Nc1ccccc1.[HH].[HH]. The first kappa shape index (κ1) is 14.8. The summed E-state index contributed by atoms with van der Waals surface area (Å²) in [6.07, 6.45) is 3.28. The largest absolute Gasteiger partial charge is 0.382 e. The Kier molecular flexibility index (Phi) is 3.59. The number of carbonyl (C=O) groups is 1. The normalized spacial score (nSPS) is 10.7. The Morgan fingerprint density at radius 1 is 1.12 bits per heavy atom. The van der Waals surface area contributed by atoms with Crippen molar-refractivity contribution in [3.05, 3.63) is 66.6 Å². The Labute approximate surface area is 145 Å². The summed E-state index contributed by atoms with van der Waals surface area (Å²) in [5, 5.41) is 10.6. The van der Waals surface area contributed by atoms with Gasteiger partial charge in [-0.15, -0.1) is 0 Å². The standard InChI is InChI=1S/C18H14N6O.2H2/c19-17-16(18(25)22-13-4-2-1-3-5-13)23-15(10-20-17)11-6-7-14-12(8-11)9-21-24-14;;/h1-10H,(H2,19,20)(H,21,24)(H,22,25);2*1H. The predicted molar refractivity (Wildman–Crippen MR) is 100 cm³/mol. The first-order valence-electron chi connectivity index (χ1n) is 7.63. The number of nitrogens with zero attached hydrogens (tertiary/aromatic N) is 3. The molecule has 0 aliphatic carbocycles. The molecule has 2 aromatic heterocycles. The number of rotatable bonds is 3. The van der Waals surface area contributed by atoms with Crippen LogP contribution in [0.25, 0.3) is 22.2 Å². The fourth-order valence-electron chi connectivity index (χ4n) is 2.52. The van der Waals surface area contributed by atoms with Crippen molar-refractivity contribution < 1.29 is 7.65 Å². The van der Waals surface area contributed by atoms with Gasteiger partial charge in [0, 0.05) is 19.5 Å². The lowest BCUT2D eigenvalue weighted by molar-refractivity contribution is 0.102. The number of para-hydroxylation sites is 1. The molecule has 0 radical (unpaired) electrons. The molecule has 0 saturated carbocycles. The number of nitrogens with two attached hydrogens (primary N) is 1. The van der Waals surface area contributed by atoms with Gasteiger partial charge in [-0.2, -0.15) is 5.10 Å². The van der Waals surface area contributed by atoms with Gasteiger partial charge in [0.15, 0.2) is 11.5 Å². The van der Waals surface area contributed by atoms with Gasteiger partial charge in [-0.05, 0) is 24.3 Å². The van der Waals surface area contributed by atoms with Crippen LogP contribution in [0.15, 0.2) is 60.9 Å². The van der Waals surface area contributed by atoms with E-state index in [2.05, 4.69) is 25.5 Å². The Bertz CT molecular complexity index is 1070. The summed E-state index contributed by atoms with van der Waals surface area (Å²) in [7, 11) is 0. The molecule has 7 nitrogen and oxygen atoms in total. The minimum atomic E-state index is -0.401. The average molecular weight is 334 g/mol. The number of amides is 1. The summed E-state index contributed by atoms with van der Waals surface area (Å²) in [6.45, 7) is 0. The van der Waals surface area contributed by atoms with Gasteiger partial charge in [-0.25, -0.2) is 9.97 Å². The summed E-state index contributed by atoms with van der Waals surface area (Å²) in [5.74, 6) is -0.316. The van der Waals surface area contributed by atoms with Crippen LogP contribution < -0.4 is 11.1 Å². The number of nitrogens with one attached hydrogen (secondary N) is 2. The molecule has 4 aromatic rings. The highest BCUT2D eigenvalue weighted by atomic mass is 16.1. The van der Waals surface area contributed by atoms with Crippen molar-refractivity contribution in [1.82, 2.24) is 20.2 Å². The van der Waals surface area contributed by atoms with Crippen molar-refractivity contribution in [1.29, 1.82) is 0 Å². The summed E-state index contributed by atoms with van der Waals surface area (Å²) < 4.78 is 0. The molecule has 2 heterocycles. The molecule has 0 aliphatic rings. The van der Waals surface area contributed by atoms with E-state index in [1.165, 1.54) is 0 Å². The predicted octanol–water partition coefficient (Wildman–Crippen LogP) is 3.35. The Hall–Kier alpha value is -3.74.